The Hall–Kier alpha value is -3.09. The van der Waals surface area contributed by atoms with Gasteiger partial charge in [-0.3, -0.25) is 9.48 Å². The Morgan fingerprint density at radius 1 is 1.27 bits per heavy atom. The maximum atomic E-state index is 12.4. The van der Waals surface area contributed by atoms with E-state index in [1.165, 1.54) is 0 Å². The second-order valence-electron chi connectivity index (χ2n) is 5.98. The van der Waals surface area contributed by atoms with Crippen LogP contribution in [0.2, 0.25) is 0 Å². The number of carbonyl (C=O) groups excluding carboxylic acids is 1. The number of carbonyl (C=O) groups is 1. The summed E-state index contributed by atoms with van der Waals surface area (Å²) in [5.41, 5.74) is 3.08. The standard InChI is InChI=1S/C19H22N4O3/c1-4-5-14-10-18(23(2)21-14)19(24)20-12-16-11-17(22-26-16)13-6-8-15(25-3)9-7-13/h6-11H,4-5,12H2,1-3H3,(H,20,24). The maximum absolute atomic E-state index is 12.4. The van der Waals surface area contributed by atoms with Crippen LogP contribution in [0.1, 0.15) is 35.3 Å². The zero-order valence-electron chi connectivity index (χ0n) is 15.2. The zero-order valence-corrected chi connectivity index (χ0v) is 15.2. The Kier molecular flexibility index (Phi) is 5.36. The molecule has 0 aliphatic carbocycles. The van der Waals surface area contributed by atoms with E-state index in [0.29, 0.717) is 17.1 Å². The fraction of sp³-hybridized carbons (Fsp3) is 0.316. The van der Waals surface area contributed by atoms with Gasteiger partial charge in [0, 0.05) is 18.7 Å². The molecule has 2 aromatic heterocycles. The molecular weight excluding hydrogens is 332 g/mol. The minimum absolute atomic E-state index is 0.190. The number of nitrogens with zero attached hydrogens (tertiary/aromatic N) is 3. The Bertz CT molecular complexity index is 881. The van der Waals surface area contributed by atoms with Gasteiger partial charge < -0.3 is 14.6 Å². The lowest BCUT2D eigenvalue weighted by molar-refractivity contribution is 0.0937. The summed E-state index contributed by atoms with van der Waals surface area (Å²) in [4.78, 5) is 12.4. The first-order valence-electron chi connectivity index (χ1n) is 8.52. The Labute approximate surface area is 151 Å². The van der Waals surface area contributed by atoms with Crippen molar-refractivity contribution in [3.63, 3.8) is 0 Å². The van der Waals surface area contributed by atoms with Gasteiger partial charge in [-0.2, -0.15) is 5.10 Å². The molecule has 7 nitrogen and oxygen atoms in total. The third kappa shape index (κ3) is 3.93. The second kappa shape index (κ2) is 7.86. The zero-order chi connectivity index (χ0) is 18.5. The number of aromatic nitrogens is 3. The highest BCUT2D eigenvalue weighted by atomic mass is 16.5. The summed E-state index contributed by atoms with van der Waals surface area (Å²) < 4.78 is 12.1. The van der Waals surface area contributed by atoms with Gasteiger partial charge >= 0.3 is 0 Å². The van der Waals surface area contributed by atoms with E-state index in [1.807, 2.05) is 36.4 Å². The summed E-state index contributed by atoms with van der Waals surface area (Å²) in [7, 11) is 3.39. The molecule has 0 spiro atoms. The molecule has 1 N–H and O–H groups in total. The molecule has 0 saturated heterocycles. The van der Waals surface area contributed by atoms with E-state index in [1.54, 1.807) is 18.8 Å². The minimum atomic E-state index is -0.190. The normalized spacial score (nSPS) is 10.7. The van der Waals surface area contributed by atoms with E-state index in [-0.39, 0.29) is 12.5 Å². The van der Waals surface area contributed by atoms with Crippen LogP contribution >= 0.6 is 0 Å². The van der Waals surface area contributed by atoms with Gasteiger partial charge in [-0.25, -0.2) is 0 Å². The Balaban J connectivity index is 1.63. The van der Waals surface area contributed by atoms with Crippen molar-refractivity contribution < 1.29 is 14.1 Å². The third-order valence-corrected chi connectivity index (χ3v) is 4.04. The molecule has 1 aromatic carbocycles. The van der Waals surface area contributed by atoms with Crippen molar-refractivity contribution in [3.05, 3.63) is 53.5 Å². The number of benzene rings is 1. The van der Waals surface area contributed by atoms with Crippen molar-refractivity contribution in [2.45, 2.75) is 26.3 Å². The van der Waals surface area contributed by atoms with Gasteiger partial charge in [0.05, 0.1) is 19.3 Å². The quantitative estimate of drug-likeness (QED) is 0.705. The summed E-state index contributed by atoms with van der Waals surface area (Å²) in [6.07, 6.45) is 1.85. The van der Waals surface area contributed by atoms with Gasteiger partial charge in [0.15, 0.2) is 5.76 Å². The average Bonchev–Trinajstić information content (AvgIpc) is 3.27. The smallest absolute Gasteiger partial charge is 0.269 e. The Morgan fingerprint density at radius 3 is 2.73 bits per heavy atom. The molecule has 0 saturated carbocycles. The van der Waals surface area contributed by atoms with Gasteiger partial charge in [0.1, 0.15) is 17.1 Å². The van der Waals surface area contributed by atoms with Crippen LogP contribution in [0.5, 0.6) is 5.75 Å². The average molecular weight is 354 g/mol. The highest BCUT2D eigenvalue weighted by Gasteiger charge is 2.14. The largest absolute Gasteiger partial charge is 0.497 e. The summed E-state index contributed by atoms with van der Waals surface area (Å²) >= 11 is 0. The van der Waals surface area contributed by atoms with Crippen LogP contribution < -0.4 is 10.1 Å². The van der Waals surface area contributed by atoms with E-state index >= 15 is 0 Å². The van der Waals surface area contributed by atoms with Crippen molar-refractivity contribution in [1.29, 1.82) is 0 Å². The number of ether oxygens (including phenoxy) is 1. The van der Waals surface area contributed by atoms with Crippen molar-refractivity contribution in [2.24, 2.45) is 7.05 Å². The number of amides is 1. The van der Waals surface area contributed by atoms with E-state index in [2.05, 4.69) is 22.5 Å². The fourth-order valence-electron chi connectivity index (χ4n) is 2.67. The number of hydrogen-bond acceptors (Lipinski definition) is 5. The monoisotopic (exact) mass is 354 g/mol. The highest BCUT2D eigenvalue weighted by Crippen LogP contribution is 2.22. The molecule has 0 radical (unpaired) electrons. The summed E-state index contributed by atoms with van der Waals surface area (Å²) in [5.74, 6) is 1.17. The lowest BCUT2D eigenvalue weighted by Crippen LogP contribution is -2.24. The lowest BCUT2D eigenvalue weighted by Gasteiger charge is -2.02. The van der Waals surface area contributed by atoms with Crippen LogP contribution in [0.15, 0.2) is 40.9 Å². The van der Waals surface area contributed by atoms with Crippen LogP contribution in [0.3, 0.4) is 0 Å². The summed E-state index contributed by atoms with van der Waals surface area (Å²) in [6.45, 7) is 2.34. The summed E-state index contributed by atoms with van der Waals surface area (Å²) in [5, 5.41) is 11.2. The van der Waals surface area contributed by atoms with Gasteiger partial charge in [0.2, 0.25) is 0 Å². The molecule has 0 aliphatic rings. The van der Waals surface area contributed by atoms with Crippen LogP contribution in [0.4, 0.5) is 0 Å². The van der Waals surface area contributed by atoms with E-state index in [4.69, 9.17) is 9.26 Å². The van der Waals surface area contributed by atoms with Crippen LogP contribution in [0, 0.1) is 0 Å². The SMILES string of the molecule is CCCc1cc(C(=O)NCc2cc(-c3ccc(OC)cc3)no2)n(C)n1. The van der Waals surface area contributed by atoms with E-state index in [9.17, 15) is 4.79 Å². The molecular formula is C19H22N4O3. The molecule has 3 rings (SSSR count). The first-order chi connectivity index (χ1) is 12.6. The van der Waals surface area contributed by atoms with Crippen LogP contribution in [-0.2, 0) is 20.0 Å². The van der Waals surface area contributed by atoms with E-state index < -0.39 is 0 Å². The molecule has 26 heavy (non-hydrogen) atoms. The molecule has 1 amide bonds. The minimum Gasteiger partial charge on any atom is -0.497 e. The van der Waals surface area contributed by atoms with Crippen LogP contribution in [0.25, 0.3) is 11.3 Å². The molecule has 2 heterocycles. The number of hydrogen-bond donors (Lipinski definition) is 1. The Morgan fingerprint density at radius 2 is 2.04 bits per heavy atom. The second-order valence-corrected chi connectivity index (χ2v) is 5.98. The molecule has 136 valence electrons. The van der Waals surface area contributed by atoms with Crippen molar-refractivity contribution in [3.8, 4) is 17.0 Å². The molecule has 0 unspecified atom stereocenters. The molecule has 0 atom stereocenters. The number of methoxy groups -OCH3 is 1. The van der Waals surface area contributed by atoms with Gasteiger partial charge in [-0.15, -0.1) is 0 Å². The van der Waals surface area contributed by atoms with Gasteiger partial charge in [0.25, 0.3) is 5.91 Å². The predicted octanol–water partition coefficient (Wildman–Crippen LogP) is 2.97. The lowest BCUT2D eigenvalue weighted by atomic mass is 10.1. The predicted molar refractivity (Wildman–Crippen MR) is 96.9 cm³/mol. The van der Waals surface area contributed by atoms with Gasteiger partial charge in [-0.1, -0.05) is 18.5 Å². The van der Waals surface area contributed by atoms with Crippen molar-refractivity contribution in [2.75, 3.05) is 7.11 Å². The highest BCUT2D eigenvalue weighted by molar-refractivity contribution is 5.92. The molecule has 0 fully saturated rings. The van der Waals surface area contributed by atoms with Gasteiger partial charge in [-0.05, 0) is 36.8 Å². The molecule has 7 heteroatoms. The van der Waals surface area contributed by atoms with Crippen LogP contribution in [-0.4, -0.2) is 28.0 Å². The fourth-order valence-corrected chi connectivity index (χ4v) is 2.67. The van der Waals surface area contributed by atoms with Crippen molar-refractivity contribution >= 4 is 5.91 Å². The van der Waals surface area contributed by atoms with Crippen molar-refractivity contribution in [1.82, 2.24) is 20.3 Å². The number of rotatable bonds is 7. The molecule has 0 aliphatic heterocycles. The first kappa shape index (κ1) is 17.7. The number of aryl methyl sites for hydroxylation is 2. The topological polar surface area (TPSA) is 82.2 Å². The molecule has 0 bridgehead atoms. The molecule has 3 aromatic rings. The first-order valence-corrected chi connectivity index (χ1v) is 8.52. The third-order valence-electron chi connectivity index (χ3n) is 4.04. The number of nitrogens with one attached hydrogen (secondary N) is 1. The summed E-state index contributed by atoms with van der Waals surface area (Å²) in [6, 6.07) is 11.2. The van der Waals surface area contributed by atoms with E-state index in [0.717, 1.165) is 29.8 Å². The maximum Gasteiger partial charge on any atom is 0.269 e.